The third-order valence-corrected chi connectivity index (χ3v) is 4.94. The minimum atomic E-state index is -0.809. The van der Waals surface area contributed by atoms with Crippen LogP contribution >= 0.6 is 11.8 Å². The lowest BCUT2D eigenvalue weighted by Gasteiger charge is -2.29. The SMILES string of the molecule is O=C(O)CCCSc1ccncc1C(=O)N1CCOc2ccccc21. The Morgan fingerprint density at radius 3 is 2.96 bits per heavy atom. The fraction of sp³-hybridized carbons (Fsp3) is 0.278. The molecule has 0 bridgehead atoms. The number of nitrogens with zero attached hydrogens (tertiary/aromatic N) is 2. The van der Waals surface area contributed by atoms with Crippen LogP contribution in [0.2, 0.25) is 0 Å². The third-order valence-electron chi connectivity index (χ3n) is 3.78. The second kappa shape index (κ2) is 8.02. The number of ether oxygens (including phenoxy) is 1. The number of benzene rings is 1. The number of rotatable bonds is 6. The van der Waals surface area contributed by atoms with Crippen molar-refractivity contribution in [1.82, 2.24) is 4.98 Å². The highest BCUT2D eigenvalue weighted by Crippen LogP contribution is 2.33. The molecule has 0 saturated carbocycles. The fourth-order valence-electron chi connectivity index (χ4n) is 2.60. The number of fused-ring (bicyclic) bond motifs is 1. The topological polar surface area (TPSA) is 79.7 Å². The number of carboxylic acids is 1. The zero-order chi connectivity index (χ0) is 17.6. The zero-order valence-electron chi connectivity index (χ0n) is 13.6. The molecule has 0 aliphatic carbocycles. The number of anilines is 1. The van der Waals surface area contributed by atoms with Crippen LogP contribution < -0.4 is 9.64 Å². The number of para-hydroxylation sites is 2. The minimum absolute atomic E-state index is 0.121. The Labute approximate surface area is 149 Å². The summed E-state index contributed by atoms with van der Waals surface area (Å²) < 4.78 is 5.60. The Balaban J connectivity index is 1.78. The number of amides is 1. The molecule has 1 aliphatic heterocycles. The molecule has 7 heteroatoms. The van der Waals surface area contributed by atoms with E-state index in [1.54, 1.807) is 23.4 Å². The zero-order valence-corrected chi connectivity index (χ0v) is 14.4. The highest BCUT2D eigenvalue weighted by Gasteiger charge is 2.26. The Kier molecular flexibility index (Phi) is 5.55. The molecule has 0 unspecified atom stereocenters. The molecule has 1 N–H and O–H groups in total. The normalized spacial score (nSPS) is 13.0. The van der Waals surface area contributed by atoms with Crippen LogP contribution in [0.5, 0.6) is 5.75 Å². The molecule has 2 heterocycles. The maximum Gasteiger partial charge on any atom is 0.303 e. The molecule has 0 atom stereocenters. The van der Waals surface area contributed by atoms with Crippen LogP contribution in [0.1, 0.15) is 23.2 Å². The van der Waals surface area contributed by atoms with E-state index in [0.29, 0.717) is 36.6 Å². The molecule has 0 fully saturated rings. The lowest BCUT2D eigenvalue weighted by Crippen LogP contribution is -2.38. The molecule has 6 nitrogen and oxygen atoms in total. The van der Waals surface area contributed by atoms with Crippen LogP contribution in [0.25, 0.3) is 0 Å². The molecular weight excluding hydrogens is 340 g/mol. The first-order chi connectivity index (χ1) is 12.2. The van der Waals surface area contributed by atoms with E-state index in [1.807, 2.05) is 24.3 Å². The van der Waals surface area contributed by atoms with Gasteiger partial charge in [-0.05, 0) is 30.4 Å². The summed E-state index contributed by atoms with van der Waals surface area (Å²) in [6.07, 6.45) is 3.89. The maximum absolute atomic E-state index is 13.0. The van der Waals surface area contributed by atoms with Crippen molar-refractivity contribution in [2.45, 2.75) is 17.7 Å². The van der Waals surface area contributed by atoms with Crippen molar-refractivity contribution in [2.24, 2.45) is 0 Å². The summed E-state index contributed by atoms with van der Waals surface area (Å²) in [6.45, 7) is 0.929. The maximum atomic E-state index is 13.0. The number of aliphatic carboxylic acids is 1. The molecule has 25 heavy (non-hydrogen) atoms. The van der Waals surface area contributed by atoms with Crippen LogP contribution in [-0.2, 0) is 4.79 Å². The largest absolute Gasteiger partial charge is 0.490 e. The molecule has 1 aromatic carbocycles. The van der Waals surface area contributed by atoms with Gasteiger partial charge in [-0.1, -0.05) is 12.1 Å². The van der Waals surface area contributed by atoms with Crippen LogP contribution in [0.4, 0.5) is 5.69 Å². The first kappa shape index (κ1) is 17.3. The number of carboxylic acid groups (broad SMARTS) is 1. The molecule has 3 rings (SSSR count). The lowest BCUT2D eigenvalue weighted by molar-refractivity contribution is -0.137. The monoisotopic (exact) mass is 358 g/mol. The quantitative estimate of drug-likeness (QED) is 0.631. The number of thioether (sulfide) groups is 1. The Morgan fingerprint density at radius 1 is 1.28 bits per heavy atom. The predicted molar refractivity (Wildman–Crippen MR) is 95.4 cm³/mol. The number of carbonyl (C=O) groups excluding carboxylic acids is 1. The van der Waals surface area contributed by atoms with Crippen molar-refractivity contribution in [3.63, 3.8) is 0 Å². The van der Waals surface area contributed by atoms with E-state index < -0.39 is 5.97 Å². The molecule has 0 saturated heterocycles. The summed E-state index contributed by atoms with van der Waals surface area (Å²) in [5.74, 6) is 0.402. The van der Waals surface area contributed by atoms with E-state index in [2.05, 4.69) is 4.98 Å². The van der Waals surface area contributed by atoms with Gasteiger partial charge in [-0.2, -0.15) is 0 Å². The molecule has 0 spiro atoms. The summed E-state index contributed by atoms with van der Waals surface area (Å²) in [5, 5.41) is 8.72. The van der Waals surface area contributed by atoms with E-state index in [-0.39, 0.29) is 12.3 Å². The average Bonchev–Trinajstić information content (AvgIpc) is 2.64. The van der Waals surface area contributed by atoms with Gasteiger partial charge in [-0.25, -0.2) is 0 Å². The summed E-state index contributed by atoms with van der Waals surface area (Å²) in [6, 6.07) is 9.26. The van der Waals surface area contributed by atoms with Crippen molar-refractivity contribution >= 4 is 29.3 Å². The molecule has 1 aliphatic rings. The van der Waals surface area contributed by atoms with Crippen molar-refractivity contribution in [1.29, 1.82) is 0 Å². The Morgan fingerprint density at radius 2 is 2.12 bits per heavy atom. The standard InChI is InChI=1S/C18H18N2O4S/c21-17(22)6-3-11-25-16-7-8-19-12-13(16)18(23)20-9-10-24-15-5-2-1-4-14(15)20/h1-2,4-5,7-8,12H,3,6,9-11H2,(H,21,22). The van der Waals surface area contributed by atoms with Crippen LogP contribution in [0.3, 0.4) is 0 Å². The van der Waals surface area contributed by atoms with Crippen LogP contribution in [-0.4, -0.2) is 40.9 Å². The number of hydrogen-bond donors (Lipinski definition) is 1. The lowest BCUT2D eigenvalue weighted by atomic mass is 10.2. The molecule has 1 amide bonds. The predicted octanol–water partition coefficient (Wildman–Crippen LogP) is 3.08. The molecule has 130 valence electrons. The van der Waals surface area contributed by atoms with Gasteiger partial charge in [-0.3, -0.25) is 14.6 Å². The first-order valence-corrected chi connectivity index (χ1v) is 8.97. The molecule has 0 radical (unpaired) electrons. The van der Waals surface area contributed by atoms with Crippen molar-refractivity contribution in [3.05, 3.63) is 48.3 Å². The number of hydrogen-bond acceptors (Lipinski definition) is 5. The van der Waals surface area contributed by atoms with E-state index in [1.165, 1.54) is 11.8 Å². The van der Waals surface area contributed by atoms with E-state index >= 15 is 0 Å². The average molecular weight is 358 g/mol. The summed E-state index contributed by atoms with van der Waals surface area (Å²) in [4.78, 5) is 30.3. The number of pyridine rings is 1. The molecule has 2 aromatic rings. The van der Waals surface area contributed by atoms with Crippen molar-refractivity contribution in [2.75, 3.05) is 23.8 Å². The van der Waals surface area contributed by atoms with Gasteiger partial charge < -0.3 is 14.7 Å². The van der Waals surface area contributed by atoms with Gasteiger partial charge in [0, 0.05) is 23.7 Å². The van der Waals surface area contributed by atoms with Gasteiger partial charge in [0.25, 0.3) is 5.91 Å². The van der Waals surface area contributed by atoms with Gasteiger partial charge in [0.05, 0.1) is 17.8 Å². The van der Waals surface area contributed by atoms with Gasteiger partial charge >= 0.3 is 5.97 Å². The second-order valence-corrected chi connectivity index (χ2v) is 6.63. The second-order valence-electron chi connectivity index (χ2n) is 5.49. The van der Waals surface area contributed by atoms with Gasteiger partial charge in [0.1, 0.15) is 12.4 Å². The van der Waals surface area contributed by atoms with Gasteiger partial charge in [-0.15, -0.1) is 11.8 Å². The van der Waals surface area contributed by atoms with Crippen molar-refractivity contribution in [3.8, 4) is 5.75 Å². The van der Waals surface area contributed by atoms with Crippen LogP contribution in [0, 0.1) is 0 Å². The van der Waals surface area contributed by atoms with Crippen molar-refractivity contribution < 1.29 is 19.4 Å². The fourth-order valence-corrected chi connectivity index (χ4v) is 3.56. The van der Waals surface area contributed by atoms with Gasteiger partial charge in [0.2, 0.25) is 0 Å². The summed E-state index contributed by atoms with van der Waals surface area (Å²) in [5.41, 5.74) is 1.28. The molecular formula is C18H18N2O4S. The highest BCUT2D eigenvalue weighted by atomic mass is 32.2. The Bertz CT molecular complexity index is 781. The number of aromatic nitrogens is 1. The van der Waals surface area contributed by atoms with E-state index in [0.717, 1.165) is 10.6 Å². The molecule has 1 aromatic heterocycles. The smallest absolute Gasteiger partial charge is 0.303 e. The van der Waals surface area contributed by atoms with E-state index in [9.17, 15) is 9.59 Å². The third kappa shape index (κ3) is 4.11. The summed E-state index contributed by atoms with van der Waals surface area (Å²) in [7, 11) is 0. The first-order valence-electron chi connectivity index (χ1n) is 7.99. The number of carbonyl (C=O) groups is 2. The highest BCUT2D eigenvalue weighted by molar-refractivity contribution is 7.99. The minimum Gasteiger partial charge on any atom is -0.490 e. The Hall–Kier alpha value is -2.54. The van der Waals surface area contributed by atoms with E-state index in [4.69, 9.17) is 9.84 Å². The summed E-state index contributed by atoms with van der Waals surface area (Å²) >= 11 is 1.48. The van der Waals surface area contributed by atoms with Crippen LogP contribution in [0.15, 0.2) is 47.6 Å². The van der Waals surface area contributed by atoms with Gasteiger partial charge in [0.15, 0.2) is 0 Å².